The van der Waals surface area contributed by atoms with Gasteiger partial charge in [-0.15, -0.1) is 0 Å². The van der Waals surface area contributed by atoms with Gasteiger partial charge in [0.05, 0.1) is 0 Å². The summed E-state index contributed by atoms with van der Waals surface area (Å²) in [5.74, 6) is 3.76. The van der Waals surface area contributed by atoms with Crippen molar-refractivity contribution in [1.29, 1.82) is 0 Å². The predicted octanol–water partition coefficient (Wildman–Crippen LogP) is 3.00. The minimum Gasteiger partial charge on any atom is -0.396 e. The molecule has 1 unspecified atom stereocenters. The van der Waals surface area contributed by atoms with Crippen LogP contribution in [0.4, 0.5) is 11.6 Å². The fraction of sp³-hybridized carbons (Fsp3) is 0.750. The molecule has 2 rings (SSSR count). The van der Waals surface area contributed by atoms with E-state index in [0.717, 1.165) is 49.8 Å². The number of aliphatic hydroxyl groups is 1. The van der Waals surface area contributed by atoms with Crippen LogP contribution in [-0.2, 0) is 0 Å². The minimum absolute atomic E-state index is 0.268. The van der Waals surface area contributed by atoms with E-state index in [9.17, 15) is 0 Å². The largest absolute Gasteiger partial charge is 0.396 e. The Labute approximate surface area is 127 Å². The number of nitrogens with one attached hydrogen (secondary N) is 2. The molecular weight excluding hydrogens is 264 g/mol. The number of nitrogens with zero attached hydrogens (tertiary/aromatic N) is 2. The molecular formula is C16H28N4O. The quantitative estimate of drug-likeness (QED) is 0.578. The van der Waals surface area contributed by atoms with E-state index in [4.69, 9.17) is 5.11 Å². The van der Waals surface area contributed by atoms with Gasteiger partial charge in [0.15, 0.2) is 0 Å². The van der Waals surface area contributed by atoms with Gasteiger partial charge in [-0.3, -0.25) is 0 Å². The third-order valence-corrected chi connectivity index (χ3v) is 3.73. The van der Waals surface area contributed by atoms with Crippen LogP contribution in [0.1, 0.15) is 57.7 Å². The van der Waals surface area contributed by atoms with Crippen LogP contribution in [0.25, 0.3) is 0 Å². The summed E-state index contributed by atoms with van der Waals surface area (Å²) >= 11 is 0. The fourth-order valence-electron chi connectivity index (χ4n) is 2.18. The van der Waals surface area contributed by atoms with Gasteiger partial charge >= 0.3 is 0 Å². The highest BCUT2D eigenvalue weighted by molar-refractivity contribution is 5.48. The van der Waals surface area contributed by atoms with Crippen molar-refractivity contribution >= 4 is 11.6 Å². The van der Waals surface area contributed by atoms with Crippen molar-refractivity contribution in [2.75, 3.05) is 30.3 Å². The Balaban J connectivity index is 1.89. The molecule has 0 amide bonds. The molecule has 21 heavy (non-hydrogen) atoms. The van der Waals surface area contributed by atoms with Crippen LogP contribution < -0.4 is 10.6 Å². The molecule has 5 heteroatoms. The van der Waals surface area contributed by atoms with Crippen molar-refractivity contribution in [3.63, 3.8) is 0 Å². The lowest BCUT2D eigenvalue weighted by Gasteiger charge is -2.12. The van der Waals surface area contributed by atoms with Crippen molar-refractivity contribution in [2.45, 2.75) is 51.9 Å². The van der Waals surface area contributed by atoms with E-state index < -0.39 is 0 Å². The zero-order valence-corrected chi connectivity index (χ0v) is 13.2. The Bertz CT molecular complexity index is 434. The van der Waals surface area contributed by atoms with E-state index in [1.165, 1.54) is 12.8 Å². The second-order valence-corrected chi connectivity index (χ2v) is 6.05. The van der Waals surface area contributed by atoms with Gasteiger partial charge in [0.1, 0.15) is 17.5 Å². The number of anilines is 2. The van der Waals surface area contributed by atoms with E-state index in [1.807, 2.05) is 6.07 Å². The Hall–Kier alpha value is -1.36. The standard InChI is InChI=1S/C16H28N4O/c1-3-8-17-14-10-15(18-9-4-5-12(2)11-21)20-16(19-14)13-6-7-13/h10,12-13,21H,3-9,11H2,1-2H3,(H2,17,18,19,20). The van der Waals surface area contributed by atoms with Gasteiger partial charge in [-0.1, -0.05) is 13.8 Å². The Morgan fingerprint density at radius 3 is 2.48 bits per heavy atom. The molecule has 0 saturated heterocycles. The number of hydrogen-bond donors (Lipinski definition) is 3. The van der Waals surface area contributed by atoms with Crippen molar-refractivity contribution in [3.05, 3.63) is 11.9 Å². The van der Waals surface area contributed by atoms with Crippen molar-refractivity contribution in [2.24, 2.45) is 5.92 Å². The molecule has 1 heterocycles. The van der Waals surface area contributed by atoms with Crippen molar-refractivity contribution < 1.29 is 5.11 Å². The summed E-state index contributed by atoms with van der Waals surface area (Å²) in [6.07, 6.45) is 5.59. The number of rotatable bonds is 10. The molecule has 0 radical (unpaired) electrons. The first-order chi connectivity index (χ1) is 10.2. The van der Waals surface area contributed by atoms with Gasteiger partial charge in [0, 0.05) is 31.7 Å². The van der Waals surface area contributed by atoms with Gasteiger partial charge in [-0.25, -0.2) is 9.97 Å². The Kier molecular flexibility index (Phi) is 6.23. The van der Waals surface area contributed by atoms with Crippen LogP contribution in [0, 0.1) is 5.92 Å². The molecule has 5 nitrogen and oxygen atoms in total. The summed E-state index contributed by atoms with van der Waals surface area (Å²) in [5, 5.41) is 15.8. The van der Waals surface area contributed by atoms with E-state index >= 15 is 0 Å². The van der Waals surface area contributed by atoms with E-state index in [-0.39, 0.29) is 6.61 Å². The summed E-state index contributed by atoms with van der Waals surface area (Å²) in [6, 6.07) is 2.00. The monoisotopic (exact) mass is 292 g/mol. The normalized spacial score (nSPS) is 15.8. The summed E-state index contributed by atoms with van der Waals surface area (Å²) in [7, 11) is 0. The molecule has 118 valence electrons. The maximum atomic E-state index is 9.03. The molecule has 0 aromatic carbocycles. The minimum atomic E-state index is 0.268. The number of aromatic nitrogens is 2. The van der Waals surface area contributed by atoms with Crippen LogP contribution in [-0.4, -0.2) is 34.8 Å². The second-order valence-electron chi connectivity index (χ2n) is 6.05. The number of hydrogen-bond acceptors (Lipinski definition) is 5. The zero-order chi connectivity index (χ0) is 15.1. The lowest BCUT2D eigenvalue weighted by molar-refractivity contribution is 0.229. The highest BCUT2D eigenvalue weighted by Gasteiger charge is 2.27. The molecule has 1 fully saturated rings. The third kappa shape index (κ3) is 5.50. The van der Waals surface area contributed by atoms with Gasteiger partial charge < -0.3 is 15.7 Å². The first-order valence-corrected chi connectivity index (χ1v) is 8.20. The first-order valence-electron chi connectivity index (χ1n) is 8.20. The SMILES string of the molecule is CCCNc1cc(NCCCC(C)CO)nc(C2CC2)n1. The van der Waals surface area contributed by atoms with Crippen LogP contribution in [0.15, 0.2) is 6.07 Å². The maximum absolute atomic E-state index is 9.03. The van der Waals surface area contributed by atoms with Crippen LogP contribution in [0.2, 0.25) is 0 Å². The zero-order valence-electron chi connectivity index (χ0n) is 13.2. The second kappa shape index (κ2) is 8.17. The van der Waals surface area contributed by atoms with Crippen LogP contribution >= 0.6 is 0 Å². The lowest BCUT2D eigenvalue weighted by atomic mass is 10.1. The summed E-state index contributed by atoms with van der Waals surface area (Å²) < 4.78 is 0. The molecule has 1 atom stereocenters. The fourth-order valence-corrected chi connectivity index (χ4v) is 2.18. The smallest absolute Gasteiger partial charge is 0.136 e. The average Bonchev–Trinajstić information content (AvgIpc) is 3.34. The molecule has 0 aliphatic heterocycles. The van der Waals surface area contributed by atoms with Crippen LogP contribution in [0.5, 0.6) is 0 Å². The molecule has 1 aromatic heterocycles. The summed E-state index contributed by atoms with van der Waals surface area (Å²) in [4.78, 5) is 9.24. The highest BCUT2D eigenvalue weighted by atomic mass is 16.3. The topological polar surface area (TPSA) is 70.1 Å². The average molecular weight is 292 g/mol. The van der Waals surface area contributed by atoms with E-state index in [0.29, 0.717) is 11.8 Å². The Morgan fingerprint density at radius 1 is 1.24 bits per heavy atom. The maximum Gasteiger partial charge on any atom is 0.136 e. The van der Waals surface area contributed by atoms with Gasteiger partial charge in [-0.2, -0.15) is 0 Å². The molecule has 1 aromatic rings. The Morgan fingerprint density at radius 2 is 1.90 bits per heavy atom. The first kappa shape index (κ1) is 16.0. The summed E-state index contributed by atoms with van der Waals surface area (Å²) in [5.41, 5.74) is 0. The van der Waals surface area contributed by atoms with Crippen molar-refractivity contribution in [3.8, 4) is 0 Å². The van der Waals surface area contributed by atoms with Crippen molar-refractivity contribution in [1.82, 2.24) is 9.97 Å². The van der Waals surface area contributed by atoms with Crippen LogP contribution in [0.3, 0.4) is 0 Å². The van der Waals surface area contributed by atoms with Gasteiger partial charge in [-0.05, 0) is 38.0 Å². The number of aliphatic hydroxyl groups excluding tert-OH is 1. The highest BCUT2D eigenvalue weighted by Crippen LogP contribution is 2.38. The molecule has 1 saturated carbocycles. The van der Waals surface area contributed by atoms with E-state index in [2.05, 4.69) is 34.4 Å². The van der Waals surface area contributed by atoms with Gasteiger partial charge in [0.25, 0.3) is 0 Å². The molecule has 1 aliphatic carbocycles. The third-order valence-electron chi connectivity index (χ3n) is 3.73. The molecule has 1 aliphatic rings. The lowest BCUT2D eigenvalue weighted by Crippen LogP contribution is -2.10. The molecule has 0 spiro atoms. The molecule has 3 N–H and O–H groups in total. The van der Waals surface area contributed by atoms with Gasteiger partial charge in [0.2, 0.25) is 0 Å². The predicted molar refractivity (Wildman–Crippen MR) is 86.8 cm³/mol. The summed E-state index contributed by atoms with van der Waals surface area (Å²) in [6.45, 7) is 6.32. The van der Waals surface area contributed by atoms with E-state index in [1.54, 1.807) is 0 Å². The molecule has 0 bridgehead atoms.